The molecule has 1 rings (SSSR count). The number of hydrogen-bond acceptors (Lipinski definition) is 7. The van der Waals surface area contributed by atoms with Gasteiger partial charge in [-0.2, -0.15) is 0 Å². The molecule has 0 saturated heterocycles. The second-order valence-electron chi connectivity index (χ2n) is 9.44. The second kappa shape index (κ2) is 9.06. The Kier molecular flexibility index (Phi) is 7.88. The van der Waals surface area contributed by atoms with E-state index >= 15 is 0 Å². The van der Waals surface area contributed by atoms with E-state index in [1.54, 1.807) is 6.08 Å². The van der Waals surface area contributed by atoms with Gasteiger partial charge in [0, 0.05) is 0 Å². The van der Waals surface area contributed by atoms with Crippen molar-refractivity contribution in [2.45, 2.75) is 63.8 Å². The van der Waals surface area contributed by atoms with Crippen LogP contribution in [-0.2, 0) is 33.0 Å². The summed E-state index contributed by atoms with van der Waals surface area (Å²) in [5.41, 5.74) is -1.34. The van der Waals surface area contributed by atoms with Gasteiger partial charge in [0.1, 0.15) is 5.41 Å². The lowest BCUT2D eigenvalue weighted by Crippen LogP contribution is -2.47. The fourth-order valence-electron chi connectivity index (χ4n) is 3.52. The summed E-state index contributed by atoms with van der Waals surface area (Å²) in [4.78, 5) is 36.9. The number of esters is 3. The number of ether oxygens (including phenoxy) is 3. The van der Waals surface area contributed by atoms with Crippen molar-refractivity contribution in [2.24, 2.45) is 11.3 Å². The Morgan fingerprint density at radius 2 is 1.57 bits per heavy atom. The molecule has 0 unspecified atom stereocenters. The minimum Gasteiger partial charge on any atom is -0.468 e. The summed E-state index contributed by atoms with van der Waals surface area (Å²) in [6.45, 7) is 18.5. The van der Waals surface area contributed by atoms with Crippen molar-refractivity contribution in [1.29, 1.82) is 0 Å². The average Bonchev–Trinajstić information content (AvgIpc) is 3.30. The van der Waals surface area contributed by atoms with E-state index in [4.69, 9.17) is 18.6 Å². The van der Waals surface area contributed by atoms with Crippen LogP contribution in [0.3, 0.4) is 0 Å². The molecular weight excluding hydrogens is 404 g/mol. The Balaban J connectivity index is 3.18. The molecule has 1 saturated carbocycles. The van der Waals surface area contributed by atoms with Gasteiger partial charge in [-0.25, -0.2) is 0 Å². The second-order valence-corrected chi connectivity index (χ2v) is 14.2. The van der Waals surface area contributed by atoms with Crippen LogP contribution in [0, 0.1) is 11.3 Å². The van der Waals surface area contributed by atoms with Crippen molar-refractivity contribution in [3.8, 4) is 0 Å². The number of carbonyl (C=O) groups is 3. The molecule has 7 nitrogen and oxygen atoms in total. The summed E-state index contributed by atoms with van der Waals surface area (Å²) in [7, 11) is 1.50. The first-order chi connectivity index (χ1) is 13.7. The van der Waals surface area contributed by atoms with E-state index in [-0.39, 0.29) is 17.9 Å². The lowest BCUT2D eigenvalue weighted by molar-refractivity contribution is -0.158. The van der Waals surface area contributed by atoms with Crippen LogP contribution in [-0.4, -0.2) is 53.2 Å². The van der Waals surface area contributed by atoms with Crippen molar-refractivity contribution < 1.29 is 33.0 Å². The Bertz CT molecular complexity index is 705. The number of rotatable bonds is 10. The van der Waals surface area contributed by atoms with Crippen LogP contribution in [0.2, 0.25) is 18.1 Å². The highest BCUT2D eigenvalue weighted by Gasteiger charge is 2.74. The Morgan fingerprint density at radius 1 is 1.07 bits per heavy atom. The summed E-state index contributed by atoms with van der Waals surface area (Å²) in [6, 6.07) is 0. The number of methoxy groups -OCH3 is 3. The molecule has 0 radical (unpaired) electrons. The largest absolute Gasteiger partial charge is 0.468 e. The molecule has 170 valence electrons. The predicted molar refractivity (Wildman–Crippen MR) is 116 cm³/mol. The quantitative estimate of drug-likeness (QED) is 0.168. The fraction of sp³-hybridized carbons (Fsp3) is 0.682. The molecule has 1 aliphatic rings. The number of hydrogen-bond donors (Lipinski definition) is 0. The van der Waals surface area contributed by atoms with Gasteiger partial charge >= 0.3 is 17.9 Å². The number of allylic oxidation sites excluding steroid dienone is 1. The zero-order valence-electron chi connectivity index (χ0n) is 19.5. The van der Waals surface area contributed by atoms with Crippen molar-refractivity contribution in [2.75, 3.05) is 21.3 Å². The fourth-order valence-corrected chi connectivity index (χ4v) is 5.08. The molecule has 1 aliphatic carbocycles. The Morgan fingerprint density at radius 3 is 1.93 bits per heavy atom. The molecule has 0 N–H and O–H groups in total. The highest BCUT2D eigenvalue weighted by atomic mass is 28.4. The Labute approximate surface area is 180 Å². The molecule has 30 heavy (non-hydrogen) atoms. The maximum atomic E-state index is 12.8. The topological polar surface area (TPSA) is 88.1 Å². The maximum absolute atomic E-state index is 12.8. The predicted octanol–water partition coefficient (Wildman–Crippen LogP) is 3.79. The van der Waals surface area contributed by atoms with Gasteiger partial charge in [-0.15, -0.1) is 6.58 Å². The molecule has 1 fully saturated rings. The zero-order valence-corrected chi connectivity index (χ0v) is 20.5. The van der Waals surface area contributed by atoms with Crippen LogP contribution in [0.1, 0.15) is 40.0 Å². The van der Waals surface area contributed by atoms with E-state index in [2.05, 4.69) is 47.0 Å². The summed E-state index contributed by atoms with van der Waals surface area (Å²) >= 11 is 0. The monoisotopic (exact) mass is 440 g/mol. The molecule has 0 aromatic carbocycles. The van der Waals surface area contributed by atoms with Gasteiger partial charge in [0.25, 0.3) is 0 Å². The molecule has 2 atom stereocenters. The van der Waals surface area contributed by atoms with Crippen LogP contribution in [0.4, 0.5) is 0 Å². The molecular formula is C22H36O7Si. The zero-order chi connectivity index (χ0) is 23.5. The van der Waals surface area contributed by atoms with Crippen molar-refractivity contribution in [3.05, 3.63) is 24.8 Å². The standard InChI is InChI=1S/C22H36O7Si/c1-11-22(29-30(9,10)20(3,4)5)14-21(22,19(25)28-8)13-15(2)12-16(17(23)26-6)18(24)27-7/h11,16H,1-2,12-14H2,3-10H3/t21-,22+/m1/s1. The maximum Gasteiger partial charge on any atom is 0.320 e. The summed E-state index contributed by atoms with van der Waals surface area (Å²) in [5.74, 6) is -2.98. The molecule has 0 aromatic heterocycles. The lowest BCUT2D eigenvalue weighted by atomic mass is 9.88. The first-order valence-electron chi connectivity index (χ1n) is 9.91. The first kappa shape index (κ1) is 26.1. The SMILES string of the molecule is C=C[C@]1(O[Si](C)(C)C(C)(C)C)C[C@]1(CC(=C)CC(C(=O)OC)C(=O)OC)C(=O)OC. The van der Waals surface area contributed by atoms with E-state index in [0.29, 0.717) is 12.0 Å². The minimum atomic E-state index is -2.23. The summed E-state index contributed by atoms with van der Waals surface area (Å²) < 4.78 is 21.1. The van der Waals surface area contributed by atoms with Crippen LogP contribution in [0.5, 0.6) is 0 Å². The summed E-state index contributed by atoms with van der Waals surface area (Å²) in [6.07, 6.45) is 2.29. The van der Waals surface area contributed by atoms with Crippen molar-refractivity contribution in [1.82, 2.24) is 0 Å². The van der Waals surface area contributed by atoms with Crippen LogP contribution in [0.15, 0.2) is 24.8 Å². The van der Waals surface area contributed by atoms with E-state index < -0.39 is 43.2 Å². The van der Waals surface area contributed by atoms with E-state index in [1.165, 1.54) is 21.3 Å². The third kappa shape index (κ3) is 4.86. The molecule has 0 heterocycles. The molecule has 0 amide bonds. The van der Waals surface area contributed by atoms with Gasteiger partial charge in [-0.05, 0) is 37.4 Å². The van der Waals surface area contributed by atoms with E-state index in [1.807, 2.05) is 0 Å². The van der Waals surface area contributed by atoms with Gasteiger partial charge in [-0.1, -0.05) is 39.0 Å². The third-order valence-corrected chi connectivity index (χ3v) is 10.9. The molecule has 0 bridgehead atoms. The lowest BCUT2D eigenvalue weighted by Gasteiger charge is -2.40. The highest BCUT2D eigenvalue weighted by Crippen LogP contribution is 2.65. The van der Waals surface area contributed by atoms with Crippen LogP contribution >= 0.6 is 0 Å². The van der Waals surface area contributed by atoms with Gasteiger partial charge in [0.05, 0.1) is 26.9 Å². The first-order valence-corrected chi connectivity index (χ1v) is 12.8. The average molecular weight is 441 g/mol. The van der Waals surface area contributed by atoms with E-state index in [9.17, 15) is 14.4 Å². The molecule has 0 spiro atoms. The van der Waals surface area contributed by atoms with Gasteiger partial charge in [0.2, 0.25) is 0 Å². The number of carbonyl (C=O) groups excluding carboxylic acids is 3. The van der Waals surface area contributed by atoms with Gasteiger partial charge in [0.15, 0.2) is 14.2 Å². The summed E-state index contributed by atoms with van der Waals surface area (Å²) in [5, 5.41) is -0.0642. The van der Waals surface area contributed by atoms with Crippen molar-refractivity contribution in [3.63, 3.8) is 0 Å². The van der Waals surface area contributed by atoms with Crippen LogP contribution in [0.25, 0.3) is 0 Å². The molecule has 0 aromatic rings. The van der Waals surface area contributed by atoms with E-state index in [0.717, 1.165) is 0 Å². The van der Waals surface area contributed by atoms with Gasteiger partial charge < -0.3 is 18.6 Å². The normalized spacial score (nSPS) is 23.5. The van der Waals surface area contributed by atoms with Gasteiger partial charge in [-0.3, -0.25) is 14.4 Å². The Hall–Kier alpha value is -1.93. The highest BCUT2D eigenvalue weighted by molar-refractivity contribution is 6.74. The van der Waals surface area contributed by atoms with Crippen LogP contribution < -0.4 is 0 Å². The third-order valence-electron chi connectivity index (χ3n) is 6.41. The smallest absolute Gasteiger partial charge is 0.320 e. The minimum absolute atomic E-state index is 0.00536. The van der Waals surface area contributed by atoms with Crippen molar-refractivity contribution >= 4 is 26.2 Å². The molecule has 0 aliphatic heterocycles. The molecule has 8 heteroatoms.